The molecule has 0 bridgehead atoms. The van der Waals surface area contributed by atoms with Crippen LogP contribution in [-0.4, -0.2) is 33.3 Å². The third kappa shape index (κ3) is 0.880. The summed E-state index contributed by atoms with van der Waals surface area (Å²) in [6.07, 6.45) is 2.29. The van der Waals surface area contributed by atoms with Crippen LogP contribution in [0.5, 0.6) is 0 Å². The van der Waals surface area contributed by atoms with Crippen molar-refractivity contribution < 1.29 is 9.53 Å². The van der Waals surface area contributed by atoms with Crippen molar-refractivity contribution in [2.45, 2.75) is 49.1 Å². The molecule has 0 amide bonds. The molecule has 3 rings (SSSR count). The summed E-state index contributed by atoms with van der Waals surface area (Å²) in [5.41, 5.74) is 0. The molecule has 0 radical (unpaired) electrons. The van der Waals surface area contributed by atoms with E-state index >= 15 is 0 Å². The first-order chi connectivity index (χ1) is 6.09. The topological polar surface area (TPSA) is 29.5 Å². The molecule has 72 valence electrons. The minimum atomic E-state index is -0.00954. The minimum Gasteiger partial charge on any atom is -0.445 e. The zero-order valence-electron chi connectivity index (χ0n) is 7.82. The van der Waals surface area contributed by atoms with E-state index in [-0.39, 0.29) is 23.0 Å². The molecule has 3 saturated heterocycles. The molecule has 3 aliphatic rings. The van der Waals surface area contributed by atoms with Gasteiger partial charge in [-0.15, -0.1) is 11.8 Å². The summed E-state index contributed by atoms with van der Waals surface area (Å²) < 4.78 is 5.37. The number of hydrogen-bond acceptors (Lipinski definition) is 4. The van der Waals surface area contributed by atoms with E-state index in [0.29, 0.717) is 5.37 Å². The maximum absolute atomic E-state index is 11.6. The van der Waals surface area contributed by atoms with Gasteiger partial charge in [-0.05, 0) is 20.3 Å². The van der Waals surface area contributed by atoms with E-state index in [4.69, 9.17) is 4.74 Å². The van der Waals surface area contributed by atoms with Crippen LogP contribution in [0.25, 0.3) is 0 Å². The summed E-state index contributed by atoms with van der Waals surface area (Å²) in [4.78, 5) is 13.9. The lowest BCUT2D eigenvalue weighted by Crippen LogP contribution is -2.41. The Labute approximate surface area is 81.8 Å². The highest BCUT2D eigenvalue weighted by Crippen LogP contribution is 2.53. The Morgan fingerprint density at radius 1 is 1.54 bits per heavy atom. The highest BCUT2D eigenvalue weighted by atomic mass is 32.2. The molecule has 0 unspecified atom stereocenters. The van der Waals surface area contributed by atoms with Crippen LogP contribution >= 0.6 is 11.8 Å². The van der Waals surface area contributed by atoms with Gasteiger partial charge in [0.15, 0.2) is 6.23 Å². The lowest BCUT2D eigenvalue weighted by molar-refractivity contribution is -0.142. The summed E-state index contributed by atoms with van der Waals surface area (Å²) in [5, 5.41) is 0.524. The van der Waals surface area contributed by atoms with Crippen LogP contribution < -0.4 is 0 Å². The second-order valence-corrected chi connectivity index (χ2v) is 6.33. The van der Waals surface area contributed by atoms with Gasteiger partial charge in [0.2, 0.25) is 0 Å². The van der Waals surface area contributed by atoms with Crippen LogP contribution in [0.4, 0.5) is 0 Å². The highest BCUT2D eigenvalue weighted by molar-refractivity contribution is 8.01. The van der Waals surface area contributed by atoms with E-state index < -0.39 is 0 Å². The van der Waals surface area contributed by atoms with E-state index in [0.717, 1.165) is 6.42 Å². The van der Waals surface area contributed by atoms with Gasteiger partial charge in [-0.25, -0.2) is 4.90 Å². The first-order valence-electron chi connectivity index (χ1n) is 4.75. The molecule has 0 aliphatic carbocycles. The van der Waals surface area contributed by atoms with E-state index in [1.807, 2.05) is 11.8 Å². The van der Waals surface area contributed by atoms with E-state index in [9.17, 15) is 4.79 Å². The predicted octanol–water partition coefficient (Wildman–Crippen LogP) is 1.19. The molecule has 13 heavy (non-hydrogen) atoms. The van der Waals surface area contributed by atoms with Crippen molar-refractivity contribution >= 4 is 17.7 Å². The van der Waals surface area contributed by atoms with Crippen molar-refractivity contribution in [1.29, 1.82) is 0 Å². The van der Waals surface area contributed by atoms with Gasteiger partial charge in [-0.1, -0.05) is 0 Å². The lowest BCUT2D eigenvalue weighted by atomic mass is 10.0. The molecular formula is C9H13NO2S. The summed E-state index contributed by atoms with van der Waals surface area (Å²) in [6, 6.07) is 0.00926. The molecule has 4 heteroatoms. The van der Waals surface area contributed by atoms with Gasteiger partial charge in [-0.3, -0.25) is 4.79 Å². The zero-order chi connectivity index (χ0) is 9.22. The summed E-state index contributed by atoms with van der Waals surface area (Å²) in [6.45, 7) is 4.29. The van der Waals surface area contributed by atoms with Crippen molar-refractivity contribution in [2.24, 2.45) is 0 Å². The molecule has 0 saturated carbocycles. The molecule has 3 aliphatic heterocycles. The fourth-order valence-corrected chi connectivity index (χ4v) is 4.40. The Morgan fingerprint density at radius 3 is 3.08 bits per heavy atom. The van der Waals surface area contributed by atoms with Crippen LogP contribution in [0.3, 0.4) is 0 Å². The molecule has 0 aromatic heterocycles. The van der Waals surface area contributed by atoms with Crippen LogP contribution in [0.15, 0.2) is 0 Å². The number of hydrogen-bond donors (Lipinski definition) is 0. The van der Waals surface area contributed by atoms with Crippen LogP contribution in [-0.2, 0) is 9.53 Å². The van der Waals surface area contributed by atoms with Crippen molar-refractivity contribution in [3.63, 3.8) is 0 Å². The fourth-order valence-electron chi connectivity index (χ4n) is 2.72. The van der Waals surface area contributed by atoms with E-state index in [1.165, 1.54) is 6.42 Å². The largest absolute Gasteiger partial charge is 0.445 e. The van der Waals surface area contributed by atoms with Crippen LogP contribution in [0.2, 0.25) is 0 Å². The van der Waals surface area contributed by atoms with Crippen molar-refractivity contribution in [3.05, 3.63) is 0 Å². The first kappa shape index (κ1) is 8.12. The first-order valence-corrected chi connectivity index (χ1v) is 5.63. The zero-order valence-corrected chi connectivity index (χ0v) is 8.63. The number of rotatable bonds is 0. The summed E-state index contributed by atoms with van der Waals surface area (Å²) in [5.74, 6) is -0.00954. The SMILES string of the molecule is CC1(C)S[C@H]2CC[C@H]3OC(=O)[C@@H]1N23. The van der Waals surface area contributed by atoms with Gasteiger partial charge in [0.1, 0.15) is 6.04 Å². The second kappa shape index (κ2) is 2.23. The standard InChI is InChI=1S/C9H13NO2S/c1-9(2)7-8(11)12-5-3-4-6(13-9)10(5)7/h5-7H,3-4H2,1-2H3/t5-,6+,7+/m1/s1. The third-order valence-electron chi connectivity index (χ3n) is 3.20. The fraction of sp³-hybridized carbons (Fsp3) is 0.889. The number of nitrogens with zero attached hydrogens (tertiary/aromatic N) is 1. The maximum atomic E-state index is 11.6. The second-order valence-electron chi connectivity index (χ2n) is 4.49. The molecule has 0 aromatic rings. The normalized spacial score (nSPS) is 46.6. The predicted molar refractivity (Wildman–Crippen MR) is 50.2 cm³/mol. The smallest absolute Gasteiger partial charge is 0.326 e. The van der Waals surface area contributed by atoms with Crippen LogP contribution in [0, 0.1) is 0 Å². The maximum Gasteiger partial charge on any atom is 0.326 e. The van der Waals surface area contributed by atoms with Crippen LogP contribution in [0.1, 0.15) is 26.7 Å². The van der Waals surface area contributed by atoms with Gasteiger partial charge >= 0.3 is 5.97 Å². The van der Waals surface area contributed by atoms with E-state index in [2.05, 4.69) is 18.7 Å². The molecule has 3 fully saturated rings. The molecule has 0 spiro atoms. The number of ether oxygens (including phenoxy) is 1. The average molecular weight is 199 g/mol. The Morgan fingerprint density at radius 2 is 2.31 bits per heavy atom. The van der Waals surface area contributed by atoms with Crippen molar-refractivity contribution in [3.8, 4) is 0 Å². The van der Waals surface area contributed by atoms with E-state index in [1.54, 1.807) is 0 Å². The Hall–Kier alpha value is -0.220. The Kier molecular flexibility index (Phi) is 1.39. The molecule has 3 heterocycles. The summed E-state index contributed by atoms with van der Waals surface area (Å²) in [7, 11) is 0. The minimum absolute atomic E-state index is 0.00926. The summed E-state index contributed by atoms with van der Waals surface area (Å²) >= 11 is 1.93. The number of carbonyl (C=O) groups excluding carboxylic acids is 1. The lowest BCUT2D eigenvalue weighted by Gasteiger charge is -2.21. The monoisotopic (exact) mass is 199 g/mol. The number of esters is 1. The van der Waals surface area contributed by atoms with Crippen molar-refractivity contribution in [1.82, 2.24) is 4.90 Å². The van der Waals surface area contributed by atoms with Gasteiger partial charge in [0.25, 0.3) is 0 Å². The molecular weight excluding hydrogens is 186 g/mol. The Bertz CT molecular complexity index is 279. The number of thioether (sulfide) groups is 1. The Balaban J connectivity index is 2.03. The van der Waals surface area contributed by atoms with Gasteiger partial charge in [-0.2, -0.15) is 0 Å². The molecule has 3 nitrogen and oxygen atoms in total. The molecule has 0 aromatic carbocycles. The average Bonchev–Trinajstić information content (AvgIpc) is 2.55. The highest BCUT2D eigenvalue weighted by Gasteiger charge is 2.61. The number of carbonyl (C=O) groups is 1. The van der Waals surface area contributed by atoms with Gasteiger partial charge in [0, 0.05) is 11.2 Å². The van der Waals surface area contributed by atoms with Crippen molar-refractivity contribution in [2.75, 3.05) is 0 Å². The van der Waals surface area contributed by atoms with Gasteiger partial charge < -0.3 is 4.74 Å². The molecule has 3 atom stereocenters. The third-order valence-corrected chi connectivity index (χ3v) is 4.78. The molecule has 0 N–H and O–H groups in total. The quantitative estimate of drug-likeness (QED) is 0.548. The van der Waals surface area contributed by atoms with Gasteiger partial charge in [0.05, 0.1) is 5.37 Å².